The quantitative estimate of drug-likeness (QED) is 0.172. The summed E-state index contributed by atoms with van der Waals surface area (Å²) >= 11 is 12.1. The van der Waals surface area contributed by atoms with Crippen molar-refractivity contribution in [1.29, 1.82) is 0 Å². The molecule has 0 atom stereocenters. The summed E-state index contributed by atoms with van der Waals surface area (Å²) in [6, 6.07) is 8.97. The number of allylic oxidation sites excluding steroid dienone is 2. The molecule has 1 amide bonds. The molecular formula is C25H29Cl3N4O3. The van der Waals surface area contributed by atoms with E-state index in [0.717, 1.165) is 36.2 Å². The van der Waals surface area contributed by atoms with E-state index in [1.807, 2.05) is 12.1 Å². The minimum Gasteiger partial charge on any atom is -0.491 e. The molecule has 0 fully saturated rings. The Morgan fingerprint density at radius 2 is 1.91 bits per heavy atom. The Bertz CT molecular complexity index is 1130. The number of anilines is 1. The van der Waals surface area contributed by atoms with E-state index in [2.05, 4.69) is 34.0 Å². The third kappa shape index (κ3) is 8.18. The summed E-state index contributed by atoms with van der Waals surface area (Å²) in [7, 11) is 1.44. The molecule has 3 aromatic rings. The number of halogens is 3. The Morgan fingerprint density at radius 1 is 1.17 bits per heavy atom. The van der Waals surface area contributed by atoms with Crippen molar-refractivity contribution < 1.29 is 14.3 Å². The molecule has 7 nitrogen and oxygen atoms in total. The van der Waals surface area contributed by atoms with Gasteiger partial charge in [-0.3, -0.25) is 4.79 Å². The Morgan fingerprint density at radius 3 is 2.57 bits per heavy atom. The van der Waals surface area contributed by atoms with Crippen molar-refractivity contribution in [3.05, 3.63) is 70.2 Å². The van der Waals surface area contributed by atoms with Crippen molar-refractivity contribution in [2.24, 2.45) is 0 Å². The third-order valence-corrected chi connectivity index (χ3v) is 5.92. The summed E-state index contributed by atoms with van der Waals surface area (Å²) in [5, 5.41) is 4.69. The van der Waals surface area contributed by atoms with Crippen LogP contribution >= 0.6 is 35.6 Å². The first-order chi connectivity index (χ1) is 16.4. The van der Waals surface area contributed by atoms with Crippen molar-refractivity contribution in [3.63, 3.8) is 0 Å². The standard InChI is InChI=1S/C25H28Cl2N4O3.ClH/c1-4-31(5-2)11-12-34-24-10-9-19(16-28-24)30-25(32)23(33-3)8-6-7-18-13-17-14-20(26)21(27)15-22(17)29-18;/h6-10,13-16,29H,4-5,11-12H2,1-3H3,(H,30,32);1H/b7-6+,23-8-;. The fraction of sp³-hybridized carbons (Fsp3) is 0.280. The zero-order chi connectivity index (χ0) is 24.5. The zero-order valence-electron chi connectivity index (χ0n) is 19.8. The fourth-order valence-electron chi connectivity index (χ4n) is 3.27. The predicted octanol–water partition coefficient (Wildman–Crippen LogP) is 6.19. The molecule has 0 saturated heterocycles. The highest BCUT2D eigenvalue weighted by atomic mass is 35.5. The van der Waals surface area contributed by atoms with Crippen LogP contribution in [0, 0.1) is 0 Å². The van der Waals surface area contributed by atoms with Gasteiger partial charge in [0.15, 0.2) is 5.76 Å². The maximum absolute atomic E-state index is 12.6. The van der Waals surface area contributed by atoms with E-state index in [9.17, 15) is 4.79 Å². The number of aromatic amines is 1. The van der Waals surface area contributed by atoms with Gasteiger partial charge in [0.25, 0.3) is 5.91 Å². The maximum atomic E-state index is 12.6. The van der Waals surface area contributed by atoms with Crippen LogP contribution in [0.25, 0.3) is 17.0 Å². The van der Waals surface area contributed by atoms with Crippen molar-refractivity contribution >= 4 is 64.2 Å². The third-order valence-electron chi connectivity index (χ3n) is 5.20. The Hall–Kier alpha value is -2.71. The van der Waals surface area contributed by atoms with E-state index < -0.39 is 0 Å². The molecule has 0 bridgehead atoms. The average molecular weight is 540 g/mol. The molecule has 2 aromatic heterocycles. The number of benzene rings is 1. The van der Waals surface area contributed by atoms with Gasteiger partial charge < -0.3 is 24.7 Å². The predicted molar refractivity (Wildman–Crippen MR) is 146 cm³/mol. The summed E-state index contributed by atoms with van der Waals surface area (Å²) < 4.78 is 10.9. The number of nitrogens with zero attached hydrogens (tertiary/aromatic N) is 2. The number of aromatic nitrogens is 2. The normalized spacial score (nSPS) is 11.7. The number of carbonyl (C=O) groups is 1. The molecule has 35 heavy (non-hydrogen) atoms. The van der Waals surface area contributed by atoms with Gasteiger partial charge in [0.2, 0.25) is 5.88 Å². The molecule has 0 aliphatic carbocycles. The van der Waals surface area contributed by atoms with Crippen LogP contribution in [-0.2, 0) is 9.53 Å². The Labute approximate surface area is 221 Å². The molecule has 3 rings (SSSR count). The van der Waals surface area contributed by atoms with Gasteiger partial charge in [-0.1, -0.05) is 43.1 Å². The molecule has 2 N–H and O–H groups in total. The highest BCUT2D eigenvalue weighted by molar-refractivity contribution is 6.42. The molecule has 0 aliphatic rings. The number of hydrogen-bond donors (Lipinski definition) is 2. The molecule has 0 unspecified atom stereocenters. The highest BCUT2D eigenvalue weighted by Gasteiger charge is 2.10. The maximum Gasteiger partial charge on any atom is 0.290 e. The number of nitrogens with one attached hydrogen (secondary N) is 2. The number of hydrogen-bond acceptors (Lipinski definition) is 5. The lowest BCUT2D eigenvalue weighted by atomic mass is 10.2. The van der Waals surface area contributed by atoms with Gasteiger partial charge in [-0.25, -0.2) is 4.98 Å². The van der Waals surface area contributed by atoms with E-state index in [-0.39, 0.29) is 24.1 Å². The van der Waals surface area contributed by atoms with Crippen molar-refractivity contribution in [2.45, 2.75) is 13.8 Å². The molecule has 0 aliphatic heterocycles. The molecule has 0 saturated carbocycles. The summed E-state index contributed by atoms with van der Waals surface area (Å²) in [6.45, 7) is 7.59. The number of fused-ring (bicyclic) bond motifs is 1. The largest absolute Gasteiger partial charge is 0.491 e. The van der Waals surface area contributed by atoms with Gasteiger partial charge in [0.1, 0.15) is 6.61 Å². The number of H-pyrrole nitrogens is 1. The van der Waals surface area contributed by atoms with Crippen molar-refractivity contribution in [3.8, 4) is 5.88 Å². The van der Waals surface area contributed by atoms with Crippen LogP contribution in [0.3, 0.4) is 0 Å². The van der Waals surface area contributed by atoms with Crippen molar-refractivity contribution in [2.75, 3.05) is 38.7 Å². The summed E-state index contributed by atoms with van der Waals surface area (Å²) in [5.41, 5.74) is 2.24. The van der Waals surface area contributed by atoms with Crippen LogP contribution in [0.5, 0.6) is 5.88 Å². The van der Waals surface area contributed by atoms with E-state index in [1.165, 1.54) is 7.11 Å². The SMILES string of the molecule is CCN(CC)CCOc1ccc(NC(=O)/C(=C/C=C/c2cc3cc(Cl)c(Cl)cc3[nH]2)OC)cn1.Cl. The number of rotatable bonds is 11. The van der Waals surface area contributed by atoms with Gasteiger partial charge >= 0.3 is 0 Å². The van der Waals surface area contributed by atoms with Crippen LogP contribution in [0.2, 0.25) is 10.0 Å². The summed E-state index contributed by atoms with van der Waals surface area (Å²) in [6.07, 6.45) is 6.67. The number of ether oxygens (including phenoxy) is 2. The summed E-state index contributed by atoms with van der Waals surface area (Å²) in [4.78, 5) is 22.3. The lowest BCUT2D eigenvalue weighted by molar-refractivity contribution is -0.115. The molecule has 2 heterocycles. The van der Waals surface area contributed by atoms with E-state index in [1.54, 1.807) is 42.6 Å². The zero-order valence-corrected chi connectivity index (χ0v) is 22.1. The first kappa shape index (κ1) is 28.5. The van der Waals surface area contributed by atoms with E-state index in [0.29, 0.717) is 28.2 Å². The van der Waals surface area contributed by atoms with E-state index >= 15 is 0 Å². The van der Waals surface area contributed by atoms with Gasteiger partial charge in [-0.05, 0) is 49.5 Å². The van der Waals surface area contributed by atoms with Gasteiger partial charge in [-0.15, -0.1) is 12.4 Å². The smallest absolute Gasteiger partial charge is 0.290 e. The molecule has 0 spiro atoms. The van der Waals surface area contributed by atoms with Crippen LogP contribution in [0.15, 0.2) is 54.4 Å². The van der Waals surface area contributed by atoms with Crippen LogP contribution < -0.4 is 10.1 Å². The average Bonchev–Trinajstić information content (AvgIpc) is 3.22. The van der Waals surface area contributed by atoms with Gasteiger partial charge in [-0.2, -0.15) is 0 Å². The van der Waals surface area contributed by atoms with E-state index in [4.69, 9.17) is 32.7 Å². The number of pyridine rings is 1. The number of carbonyl (C=O) groups excluding carboxylic acids is 1. The number of methoxy groups -OCH3 is 1. The number of likely N-dealkylation sites (N-methyl/N-ethyl adjacent to an activating group) is 1. The second-order valence-electron chi connectivity index (χ2n) is 7.39. The van der Waals surface area contributed by atoms with Gasteiger partial charge in [0.05, 0.1) is 29.0 Å². The number of amides is 1. The van der Waals surface area contributed by atoms with Crippen molar-refractivity contribution in [1.82, 2.24) is 14.9 Å². The topological polar surface area (TPSA) is 79.5 Å². The van der Waals surface area contributed by atoms with Crippen LogP contribution in [0.1, 0.15) is 19.5 Å². The Kier molecular flexibility index (Phi) is 11.4. The molecule has 1 aromatic carbocycles. The minimum atomic E-state index is -0.389. The summed E-state index contributed by atoms with van der Waals surface area (Å²) in [5.74, 6) is 0.272. The first-order valence-electron chi connectivity index (χ1n) is 11.0. The Balaban J connectivity index is 0.00000432. The first-order valence-corrected chi connectivity index (χ1v) is 11.7. The lowest BCUT2D eigenvalue weighted by Crippen LogP contribution is -2.28. The highest BCUT2D eigenvalue weighted by Crippen LogP contribution is 2.28. The molecule has 0 radical (unpaired) electrons. The van der Waals surface area contributed by atoms with Crippen LogP contribution in [-0.4, -0.2) is 54.1 Å². The molecular weight excluding hydrogens is 511 g/mol. The molecule has 10 heteroatoms. The minimum absolute atomic E-state index is 0. The van der Waals surface area contributed by atoms with Gasteiger partial charge in [0, 0.05) is 29.2 Å². The second-order valence-corrected chi connectivity index (χ2v) is 8.20. The monoisotopic (exact) mass is 538 g/mol. The molecule has 188 valence electrons. The second kappa shape index (κ2) is 14.0. The fourth-order valence-corrected chi connectivity index (χ4v) is 3.60. The van der Waals surface area contributed by atoms with Crippen LogP contribution in [0.4, 0.5) is 5.69 Å². The lowest BCUT2D eigenvalue weighted by Gasteiger charge is -2.17.